The Labute approximate surface area is 147 Å². The Morgan fingerprint density at radius 3 is 2.72 bits per heavy atom. The lowest BCUT2D eigenvalue weighted by Crippen LogP contribution is -2.50. The lowest BCUT2D eigenvalue weighted by molar-refractivity contribution is -0.123. The third-order valence-corrected chi connectivity index (χ3v) is 4.75. The van der Waals surface area contributed by atoms with Gasteiger partial charge in [-0.3, -0.25) is 9.69 Å². The maximum atomic E-state index is 12.4. The van der Waals surface area contributed by atoms with E-state index in [9.17, 15) is 4.79 Å². The quantitative estimate of drug-likeness (QED) is 0.914. The summed E-state index contributed by atoms with van der Waals surface area (Å²) in [4.78, 5) is 21.2. The van der Waals surface area contributed by atoms with Crippen molar-refractivity contribution >= 4 is 11.7 Å². The van der Waals surface area contributed by atoms with Crippen LogP contribution in [0, 0.1) is 0 Å². The number of carbonyl (C=O) groups is 1. The molecule has 2 aliphatic rings. The van der Waals surface area contributed by atoms with Crippen molar-refractivity contribution in [1.29, 1.82) is 0 Å². The molecule has 0 saturated carbocycles. The molecule has 0 aliphatic carbocycles. The van der Waals surface area contributed by atoms with E-state index >= 15 is 0 Å². The van der Waals surface area contributed by atoms with Crippen LogP contribution in [0.15, 0.2) is 48.7 Å². The van der Waals surface area contributed by atoms with Gasteiger partial charge in [-0.15, -0.1) is 0 Å². The molecule has 6 nitrogen and oxygen atoms in total. The summed E-state index contributed by atoms with van der Waals surface area (Å²) < 4.78 is 5.62. The predicted molar refractivity (Wildman–Crippen MR) is 95.7 cm³/mol. The normalized spacial score (nSPS) is 20.0. The van der Waals surface area contributed by atoms with E-state index in [2.05, 4.69) is 20.1 Å². The monoisotopic (exact) mass is 338 g/mol. The molecule has 1 N–H and O–H groups in total. The van der Waals surface area contributed by atoms with Gasteiger partial charge in [0.15, 0.2) is 0 Å². The Morgan fingerprint density at radius 2 is 1.92 bits per heavy atom. The van der Waals surface area contributed by atoms with Gasteiger partial charge >= 0.3 is 0 Å². The number of piperazine rings is 1. The molecule has 0 radical (unpaired) electrons. The summed E-state index contributed by atoms with van der Waals surface area (Å²) in [5.41, 5.74) is 1.07. The van der Waals surface area contributed by atoms with Crippen molar-refractivity contribution in [2.75, 3.05) is 44.2 Å². The zero-order valence-corrected chi connectivity index (χ0v) is 14.1. The second-order valence-corrected chi connectivity index (χ2v) is 6.42. The maximum Gasteiger partial charge on any atom is 0.234 e. The molecule has 0 spiro atoms. The minimum Gasteiger partial charge on any atom is -0.491 e. The molecule has 130 valence electrons. The molecular weight excluding hydrogens is 316 g/mol. The summed E-state index contributed by atoms with van der Waals surface area (Å²) in [5, 5.41) is 3.09. The zero-order chi connectivity index (χ0) is 17.1. The van der Waals surface area contributed by atoms with Crippen molar-refractivity contribution in [3.63, 3.8) is 0 Å². The number of pyridine rings is 1. The first-order valence-electron chi connectivity index (χ1n) is 8.69. The molecule has 2 aromatic rings. The number of amides is 1. The Morgan fingerprint density at radius 1 is 1.12 bits per heavy atom. The fraction of sp³-hybridized carbons (Fsp3) is 0.368. The number of ether oxygens (including phenoxy) is 1. The number of carbonyl (C=O) groups excluding carboxylic acids is 1. The van der Waals surface area contributed by atoms with Crippen LogP contribution in [0.2, 0.25) is 0 Å². The van der Waals surface area contributed by atoms with Crippen LogP contribution >= 0.6 is 0 Å². The highest BCUT2D eigenvalue weighted by Gasteiger charge is 2.26. The number of anilines is 1. The van der Waals surface area contributed by atoms with Crippen molar-refractivity contribution in [2.24, 2.45) is 0 Å². The average molecular weight is 338 g/mol. The Hall–Kier alpha value is -2.60. The van der Waals surface area contributed by atoms with Crippen LogP contribution in [0.4, 0.5) is 5.82 Å². The number of hydrogen-bond donors (Lipinski definition) is 1. The number of hydrogen-bond acceptors (Lipinski definition) is 5. The number of aromatic nitrogens is 1. The van der Waals surface area contributed by atoms with Crippen LogP contribution < -0.4 is 15.0 Å². The van der Waals surface area contributed by atoms with Gasteiger partial charge in [-0.1, -0.05) is 24.3 Å². The molecule has 1 saturated heterocycles. The second-order valence-electron chi connectivity index (χ2n) is 6.42. The molecule has 0 unspecified atom stereocenters. The Balaban J connectivity index is 1.27. The van der Waals surface area contributed by atoms with E-state index in [4.69, 9.17) is 4.74 Å². The molecule has 1 amide bonds. The third kappa shape index (κ3) is 3.58. The van der Waals surface area contributed by atoms with Gasteiger partial charge < -0.3 is 15.0 Å². The van der Waals surface area contributed by atoms with E-state index in [1.807, 2.05) is 48.7 Å². The van der Waals surface area contributed by atoms with E-state index in [1.165, 1.54) is 0 Å². The smallest absolute Gasteiger partial charge is 0.234 e. The highest BCUT2D eigenvalue weighted by Crippen LogP contribution is 2.31. The van der Waals surface area contributed by atoms with Crippen LogP contribution in [-0.2, 0) is 4.79 Å². The minimum atomic E-state index is -0.0430. The summed E-state index contributed by atoms with van der Waals surface area (Å²) in [6, 6.07) is 13.8. The predicted octanol–water partition coefficient (Wildman–Crippen LogP) is 1.45. The molecular formula is C19H22N4O2. The number of benzene rings is 1. The largest absolute Gasteiger partial charge is 0.491 e. The van der Waals surface area contributed by atoms with Gasteiger partial charge in [-0.2, -0.15) is 0 Å². The first kappa shape index (κ1) is 15.9. The summed E-state index contributed by atoms with van der Waals surface area (Å²) in [6.45, 7) is 4.44. The molecule has 6 heteroatoms. The van der Waals surface area contributed by atoms with Gasteiger partial charge in [0.1, 0.15) is 18.2 Å². The highest BCUT2D eigenvalue weighted by molar-refractivity contribution is 5.78. The average Bonchev–Trinajstić information content (AvgIpc) is 3.06. The van der Waals surface area contributed by atoms with E-state index < -0.39 is 0 Å². The first-order valence-corrected chi connectivity index (χ1v) is 8.69. The van der Waals surface area contributed by atoms with Gasteiger partial charge in [0.05, 0.1) is 12.6 Å². The van der Waals surface area contributed by atoms with Gasteiger partial charge in [-0.05, 0) is 18.2 Å². The molecule has 1 atom stereocenters. The Bertz CT molecular complexity index is 729. The molecule has 1 aromatic heterocycles. The van der Waals surface area contributed by atoms with Gasteiger partial charge in [0.25, 0.3) is 0 Å². The van der Waals surface area contributed by atoms with Crippen molar-refractivity contribution < 1.29 is 9.53 Å². The van der Waals surface area contributed by atoms with Gasteiger partial charge in [-0.25, -0.2) is 4.98 Å². The number of nitrogens with one attached hydrogen (secondary N) is 1. The molecule has 25 heavy (non-hydrogen) atoms. The topological polar surface area (TPSA) is 57.7 Å². The van der Waals surface area contributed by atoms with E-state index in [0.29, 0.717) is 13.2 Å². The van der Waals surface area contributed by atoms with Crippen molar-refractivity contribution in [3.8, 4) is 5.75 Å². The number of nitrogens with zero attached hydrogens (tertiary/aromatic N) is 3. The molecule has 0 bridgehead atoms. The van der Waals surface area contributed by atoms with E-state index in [0.717, 1.165) is 43.3 Å². The summed E-state index contributed by atoms with van der Waals surface area (Å²) in [6.07, 6.45) is 1.82. The fourth-order valence-electron chi connectivity index (χ4n) is 3.40. The molecule has 1 fully saturated rings. The minimum absolute atomic E-state index is 0.0430. The van der Waals surface area contributed by atoms with Crippen LogP contribution in [-0.4, -0.2) is 55.1 Å². The summed E-state index contributed by atoms with van der Waals surface area (Å²) in [5.74, 6) is 1.93. The second kappa shape index (κ2) is 7.11. The first-order chi connectivity index (χ1) is 12.3. The van der Waals surface area contributed by atoms with E-state index in [1.54, 1.807) is 0 Å². The van der Waals surface area contributed by atoms with Gasteiger partial charge in [0.2, 0.25) is 5.91 Å². The number of fused-ring (bicyclic) bond motifs is 1. The molecule has 2 aliphatic heterocycles. The highest BCUT2D eigenvalue weighted by atomic mass is 16.5. The van der Waals surface area contributed by atoms with Crippen LogP contribution in [0.3, 0.4) is 0 Å². The van der Waals surface area contributed by atoms with Crippen molar-refractivity contribution in [1.82, 2.24) is 15.2 Å². The standard InChI is InChI=1S/C19H22N4O2/c24-19(21-16-14-25-17-6-2-1-5-15(16)17)13-22-9-11-23(12-10-22)18-7-3-4-8-20-18/h1-8,16H,9-14H2,(H,21,24)/t16-/m1/s1. The fourth-order valence-corrected chi connectivity index (χ4v) is 3.40. The Kier molecular flexibility index (Phi) is 4.52. The molecule has 1 aromatic carbocycles. The van der Waals surface area contributed by atoms with Gasteiger partial charge in [0, 0.05) is 37.9 Å². The summed E-state index contributed by atoms with van der Waals surface area (Å²) in [7, 11) is 0. The maximum absolute atomic E-state index is 12.4. The number of para-hydroxylation sites is 1. The summed E-state index contributed by atoms with van der Waals surface area (Å²) >= 11 is 0. The van der Waals surface area contributed by atoms with Crippen LogP contribution in [0.25, 0.3) is 0 Å². The molecule has 3 heterocycles. The van der Waals surface area contributed by atoms with Crippen molar-refractivity contribution in [2.45, 2.75) is 6.04 Å². The van der Waals surface area contributed by atoms with E-state index in [-0.39, 0.29) is 11.9 Å². The SMILES string of the molecule is O=C(CN1CCN(c2ccccn2)CC1)N[C@@H]1COc2ccccc21. The van der Waals surface area contributed by atoms with Crippen LogP contribution in [0.1, 0.15) is 11.6 Å². The lowest BCUT2D eigenvalue weighted by atomic mass is 10.1. The van der Waals surface area contributed by atoms with Crippen molar-refractivity contribution in [3.05, 3.63) is 54.2 Å². The lowest BCUT2D eigenvalue weighted by Gasteiger charge is -2.35. The zero-order valence-electron chi connectivity index (χ0n) is 14.1. The van der Waals surface area contributed by atoms with Crippen LogP contribution in [0.5, 0.6) is 5.75 Å². The molecule has 4 rings (SSSR count). The number of rotatable bonds is 4. The third-order valence-electron chi connectivity index (χ3n) is 4.75.